The Morgan fingerprint density at radius 3 is 1.23 bits per heavy atom. The number of hydrogen-bond acceptors (Lipinski definition) is 2. The number of carbonyl (C=O) groups is 2. The number of carboxylic acid groups (broad SMARTS) is 2. The molecule has 2 aromatic rings. The van der Waals surface area contributed by atoms with Crippen LogP contribution in [-0.2, 0) is 9.59 Å². The van der Waals surface area contributed by atoms with E-state index in [1.807, 2.05) is 60.7 Å². The molecule has 0 aromatic heterocycles. The van der Waals surface area contributed by atoms with Crippen LogP contribution in [-0.4, -0.2) is 22.2 Å². The minimum absolute atomic E-state index is 0.317. The van der Waals surface area contributed by atoms with Gasteiger partial charge in [0.1, 0.15) is 0 Å². The summed E-state index contributed by atoms with van der Waals surface area (Å²) in [7, 11) is 0. The van der Waals surface area contributed by atoms with Gasteiger partial charge >= 0.3 is 11.9 Å². The summed E-state index contributed by atoms with van der Waals surface area (Å²) in [6.45, 7) is 0. The van der Waals surface area contributed by atoms with E-state index in [1.165, 1.54) is 0 Å². The molecule has 0 aliphatic heterocycles. The van der Waals surface area contributed by atoms with Gasteiger partial charge in [-0.1, -0.05) is 60.7 Å². The normalized spacial score (nSPS) is 26.9. The lowest BCUT2D eigenvalue weighted by Gasteiger charge is -2.48. The van der Waals surface area contributed by atoms with Crippen LogP contribution < -0.4 is 0 Å². The van der Waals surface area contributed by atoms with Crippen molar-refractivity contribution in [2.45, 2.75) is 11.8 Å². The predicted octanol–water partition coefficient (Wildman–Crippen LogP) is 2.97. The Balaban J connectivity index is 2.07. The molecule has 112 valence electrons. The molecule has 0 bridgehead atoms. The van der Waals surface area contributed by atoms with E-state index in [0.717, 1.165) is 11.1 Å². The lowest BCUT2D eigenvalue weighted by atomic mass is 9.52. The number of hydrogen-bond donors (Lipinski definition) is 2. The summed E-state index contributed by atoms with van der Waals surface area (Å²) in [6.07, 6.45) is 0. The highest BCUT2D eigenvalue weighted by atomic mass is 16.4. The van der Waals surface area contributed by atoms with Crippen molar-refractivity contribution in [2.24, 2.45) is 11.8 Å². The van der Waals surface area contributed by atoms with Gasteiger partial charge < -0.3 is 10.2 Å². The molecular formula is C18H16O4. The predicted molar refractivity (Wildman–Crippen MR) is 80.6 cm³/mol. The van der Waals surface area contributed by atoms with Crippen LogP contribution in [0.5, 0.6) is 0 Å². The fourth-order valence-electron chi connectivity index (χ4n) is 3.54. The maximum Gasteiger partial charge on any atom is 0.308 e. The van der Waals surface area contributed by atoms with Gasteiger partial charge in [-0.3, -0.25) is 9.59 Å². The molecule has 2 N–H and O–H groups in total. The van der Waals surface area contributed by atoms with Crippen molar-refractivity contribution in [1.82, 2.24) is 0 Å². The van der Waals surface area contributed by atoms with Gasteiger partial charge in [0, 0.05) is 11.8 Å². The molecule has 2 aromatic carbocycles. The number of aliphatic carboxylic acids is 2. The van der Waals surface area contributed by atoms with Gasteiger partial charge in [-0.05, 0) is 11.1 Å². The van der Waals surface area contributed by atoms with Crippen LogP contribution in [0.1, 0.15) is 23.0 Å². The molecule has 0 unspecified atom stereocenters. The van der Waals surface area contributed by atoms with Crippen molar-refractivity contribution >= 4 is 11.9 Å². The van der Waals surface area contributed by atoms with Gasteiger partial charge in [0.15, 0.2) is 0 Å². The lowest BCUT2D eigenvalue weighted by Crippen LogP contribution is -2.51. The van der Waals surface area contributed by atoms with E-state index in [0.29, 0.717) is 0 Å². The van der Waals surface area contributed by atoms with Crippen molar-refractivity contribution < 1.29 is 19.8 Å². The van der Waals surface area contributed by atoms with E-state index in [9.17, 15) is 19.8 Å². The van der Waals surface area contributed by atoms with Crippen LogP contribution in [0.25, 0.3) is 0 Å². The molecule has 0 radical (unpaired) electrons. The summed E-state index contributed by atoms with van der Waals surface area (Å²) in [6, 6.07) is 18.6. The second-order valence-electron chi connectivity index (χ2n) is 5.60. The zero-order valence-electron chi connectivity index (χ0n) is 11.8. The standard InChI is InChI=1S/C18H16O4/c19-17(20)15-13(11-7-3-1-4-8-11)14(16(15)18(21)22)12-9-5-2-6-10-12/h1-10,13-16H,(H,19,20)(H,21,22)/t13-,14-,15-,16+/m0/s1. The first kappa shape index (κ1) is 14.3. The minimum atomic E-state index is -1.05. The van der Waals surface area contributed by atoms with Crippen molar-refractivity contribution in [3.8, 4) is 0 Å². The summed E-state index contributed by atoms with van der Waals surface area (Å²) in [5.41, 5.74) is 1.75. The molecule has 1 saturated carbocycles. The molecule has 4 atom stereocenters. The summed E-state index contributed by atoms with van der Waals surface area (Å²) in [5, 5.41) is 19.0. The Bertz CT molecular complexity index is 619. The fourth-order valence-corrected chi connectivity index (χ4v) is 3.54. The Hall–Kier alpha value is -2.62. The van der Waals surface area contributed by atoms with E-state index in [4.69, 9.17) is 0 Å². The highest BCUT2D eigenvalue weighted by Crippen LogP contribution is 2.57. The van der Waals surface area contributed by atoms with E-state index in [-0.39, 0.29) is 11.8 Å². The molecule has 0 amide bonds. The Morgan fingerprint density at radius 1 is 0.636 bits per heavy atom. The molecule has 1 aliphatic rings. The highest BCUT2D eigenvalue weighted by molar-refractivity contribution is 5.85. The molecule has 3 rings (SSSR count). The van der Waals surface area contributed by atoms with Gasteiger partial charge in [0.05, 0.1) is 11.8 Å². The van der Waals surface area contributed by atoms with E-state index >= 15 is 0 Å². The average Bonchev–Trinajstić information content (AvgIpc) is 2.47. The Labute approximate surface area is 128 Å². The third-order valence-electron chi connectivity index (χ3n) is 4.49. The van der Waals surface area contributed by atoms with Gasteiger partial charge in [-0.15, -0.1) is 0 Å². The third-order valence-corrected chi connectivity index (χ3v) is 4.49. The van der Waals surface area contributed by atoms with Gasteiger partial charge in [-0.2, -0.15) is 0 Å². The first-order chi connectivity index (χ1) is 10.6. The molecule has 4 nitrogen and oxygen atoms in total. The summed E-state index contributed by atoms with van der Waals surface area (Å²) in [5.74, 6) is -4.53. The van der Waals surface area contributed by atoms with E-state index in [2.05, 4.69) is 0 Å². The molecule has 1 fully saturated rings. The van der Waals surface area contributed by atoms with E-state index < -0.39 is 23.8 Å². The highest BCUT2D eigenvalue weighted by Gasteiger charge is 2.58. The molecule has 0 spiro atoms. The first-order valence-corrected chi connectivity index (χ1v) is 7.16. The Kier molecular flexibility index (Phi) is 3.67. The Morgan fingerprint density at radius 2 is 0.955 bits per heavy atom. The molecule has 0 saturated heterocycles. The summed E-state index contributed by atoms with van der Waals surface area (Å²) >= 11 is 0. The second kappa shape index (κ2) is 5.64. The largest absolute Gasteiger partial charge is 0.481 e. The molecule has 22 heavy (non-hydrogen) atoms. The van der Waals surface area contributed by atoms with Crippen LogP contribution in [0.3, 0.4) is 0 Å². The maximum absolute atomic E-state index is 11.6. The quantitative estimate of drug-likeness (QED) is 0.909. The van der Waals surface area contributed by atoms with Crippen molar-refractivity contribution in [2.75, 3.05) is 0 Å². The van der Waals surface area contributed by atoms with Gasteiger partial charge in [-0.25, -0.2) is 0 Å². The average molecular weight is 296 g/mol. The molecule has 4 heteroatoms. The van der Waals surface area contributed by atoms with Crippen molar-refractivity contribution in [3.63, 3.8) is 0 Å². The van der Waals surface area contributed by atoms with Crippen LogP contribution in [0, 0.1) is 11.8 Å². The number of benzene rings is 2. The summed E-state index contributed by atoms with van der Waals surface area (Å²) < 4.78 is 0. The molecule has 1 aliphatic carbocycles. The summed E-state index contributed by atoms with van der Waals surface area (Å²) in [4.78, 5) is 23.2. The number of carboxylic acids is 2. The van der Waals surface area contributed by atoms with Gasteiger partial charge in [0.2, 0.25) is 0 Å². The van der Waals surface area contributed by atoms with E-state index in [1.54, 1.807) is 0 Å². The number of rotatable bonds is 4. The molecular weight excluding hydrogens is 280 g/mol. The minimum Gasteiger partial charge on any atom is -0.481 e. The van der Waals surface area contributed by atoms with Crippen molar-refractivity contribution in [3.05, 3.63) is 71.8 Å². The lowest BCUT2D eigenvalue weighted by molar-refractivity contribution is -0.164. The van der Waals surface area contributed by atoms with Crippen LogP contribution in [0.15, 0.2) is 60.7 Å². The SMILES string of the molecule is O=C(O)[C@@H]1[C@H](C(=O)O)[C@@H](c2ccccc2)[C@@H]1c1ccccc1. The topological polar surface area (TPSA) is 74.6 Å². The molecule has 0 heterocycles. The van der Waals surface area contributed by atoms with Gasteiger partial charge in [0.25, 0.3) is 0 Å². The zero-order chi connectivity index (χ0) is 15.7. The smallest absolute Gasteiger partial charge is 0.308 e. The van der Waals surface area contributed by atoms with Crippen LogP contribution >= 0.6 is 0 Å². The fraction of sp³-hybridized carbons (Fsp3) is 0.222. The monoisotopic (exact) mass is 296 g/mol. The second-order valence-corrected chi connectivity index (χ2v) is 5.60. The first-order valence-electron chi connectivity index (χ1n) is 7.16. The van der Waals surface area contributed by atoms with Crippen LogP contribution in [0.2, 0.25) is 0 Å². The zero-order valence-corrected chi connectivity index (χ0v) is 11.8. The van der Waals surface area contributed by atoms with Crippen LogP contribution in [0.4, 0.5) is 0 Å². The maximum atomic E-state index is 11.6. The third kappa shape index (κ3) is 2.26. The van der Waals surface area contributed by atoms with Crippen molar-refractivity contribution in [1.29, 1.82) is 0 Å².